The number of halogens is 3. The molecule has 1 saturated heterocycles. The number of nitrogens with zero attached hydrogens (tertiary/aromatic N) is 2. The zero-order valence-electron chi connectivity index (χ0n) is 14.3. The van der Waals surface area contributed by atoms with Crippen molar-refractivity contribution in [3.63, 3.8) is 0 Å². The van der Waals surface area contributed by atoms with E-state index in [1.165, 1.54) is 4.90 Å². The maximum atomic E-state index is 12.5. The van der Waals surface area contributed by atoms with Gasteiger partial charge in [0.1, 0.15) is 6.04 Å². The normalized spacial score (nSPS) is 17.7. The lowest BCUT2D eigenvalue weighted by molar-refractivity contribution is -0.151. The topological polar surface area (TPSA) is 35.6 Å². The number of hydrogen-bond acceptors (Lipinski definition) is 3. The number of carbonyl (C=O) groups excluding carboxylic acids is 1. The molecule has 4 nitrogen and oxygen atoms in total. The number of benzene rings is 1. The second kappa shape index (κ2) is 7.42. The van der Waals surface area contributed by atoms with Gasteiger partial charge in [0, 0.05) is 31.9 Å². The van der Waals surface area contributed by atoms with Crippen molar-refractivity contribution in [3.05, 3.63) is 29.3 Å². The zero-order valence-corrected chi connectivity index (χ0v) is 14.3. The van der Waals surface area contributed by atoms with Crippen LogP contribution in [-0.4, -0.2) is 60.6 Å². The number of para-hydroxylation sites is 1. The minimum absolute atomic E-state index is 0.0793. The minimum Gasteiger partial charge on any atom is -0.373 e. The van der Waals surface area contributed by atoms with Crippen LogP contribution in [0.4, 0.5) is 18.9 Å². The van der Waals surface area contributed by atoms with Crippen LogP contribution in [0.15, 0.2) is 18.2 Å². The lowest BCUT2D eigenvalue weighted by Gasteiger charge is -2.36. The summed E-state index contributed by atoms with van der Waals surface area (Å²) in [6.45, 7) is 5.98. The second-order valence-electron chi connectivity index (χ2n) is 6.35. The van der Waals surface area contributed by atoms with Gasteiger partial charge in [0.15, 0.2) is 0 Å². The number of hydrogen-bond donors (Lipinski definition) is 1. The molecule has 2 rings (SSSR count). The lowest BCUT2D eigenvalue weighted by atomic mass is 10.1. The molecule has 1 aliphatic heterocycles. The Morgan fingerprint density at radius 3 is 2.21 bits per heavy atom. The van der Waals surface area contributed by atoms with Gasteiger partial charge in [-0.1, -0.05) is 18.2 Å². The highest BCUT2D eigenvalue weighted by molar-refractivity contribution is 5.85. The number of alkyl halides is 3. The summed E-state index contributed by atoms with van der Waals surface area (Å²) in [7, 11) is 0. The highest BCUT2D eigenvalue weighted by atomic mass is 19.4. The first-order valence-electron chi connectivity index (χ1n) is 8.08. The molecule has 24 heavy (non-hydrogen) atoms. The average Bonchev–Trinajstić information content (AvgIpc) is 2.49. The van der Waals surface area contributed by atoms with E-state index in [4.69, 9.17) is 0 Å². The predicted molar refractivity (Wildman–Crippen MR) is 88.1 cm³/mol. The smallest absolute Gasteiger partial charge is 0.373 e. The summed E-state index contributed by atoms with van der Waals surface area (Å²) in [4.78, 5) is 15.5. The average molecular weight is 343 g/mol. The van der Waals surface area contributed by atoms with Crippen molar-refractivity contribution in [3.8, 4) is 0 Å². The first-order chi connectivity index (χ1) is 11.2. The van der Waals surface area contributed by atoms with Crippen LogP contribution in [-0.2, 0) is 4.79 Å². The van der Waals surface area contributed by atoms with Gasteiger partial charge >= 0.3 is 6.18 Å². The van der Waals surface area contributed by atoms with Crippen molar-refractivity contribution in [1.29, 1.82) is 0 Å². The van der Waals surface area contributed by atoms with Gasteiger partial charge in [-0.25, -0.2) is 0 Å². The summed E-state index contributed by atoms with van der Waals surface area (Å²) in [5.74, 6) is -0.0793. The van der Waals surface area contributed by atoms with Crippen LogP contribution in [0.1, 0.15) is 18.1 Å². The Hall–Kier alpha value is -1.76. The minimum atomic E-state index is -4.19. The van der Waals surface area contributed by atoms with Gasteiger partial charge in [0.2, 0.25) is 5.91 Å². The van der Waals surface area contributed by atoms with Crippen LogP contribution in [0, 0.1) is 13.8 Å². The summed E-state index contributed by atoms with van der Waals surface area (Å²) in [6.07, 6.45) is -4.19. The summed E-state index contributed by atoms with van der Waals surface area (Å²) in [5.41, 5.74) is 3.06. The Balaban J connectivity index is 1.91. The van der Waals surface area contributed by atoms with Crippen molar-refractivity contribution < 1.29 is 18.0 Å². The molecule has 1 amide bonds. The highest BCUT2D eigenvalue weighted by Gasteiger charge is 2.33. The van der Waals surface area contributed by atoms with E-state index in [0.717, 1.165) is 16.8 Å². The highest BCUT2D eigenvalue weighted by Crippen LogP contribution is 2.21. The number of rotatable bonds is 4. The third kappa shape index (κ3) is 4.87. The molecule has 1 heterocycles. The van der Waals surface area contributed by atoms with Crippen LogP contribution in [0.3, 0.4) is 0 Å². The maximum absolute atomic E-state index is 12.5. The Morgan fingerprint density at radius 2 is 1.71 bits per heavy atom. The van der Waals surface area contributed by atoms with Crippen LogP contribution >= 0.6 is 0 Å². The molecule has 0 bridgehead atoms. The summed E-state index contributed by atoms with van der Waals surface area (Å²) < 4.78 is 37.2. The van der Waals surface area contributed by atoms with Crippen LogP contribution in [0.2, 0.25) is 0 Å². The molecule has 0 aromatic heterocycles. The fourth-order valence-electron chi connectivity index (χ4n) is 2.97. The van der Waals surface area contributed by atoms with Gasteiger partial charge in [0.25, 0.3) is 0 Å². The zero-order chi connectivity index (χ0) is 17.9. The fourth-order valence-corrected chi connectivity index (χ4v) is 2.97. The van der Waals surface area contributed by atoms with Crippen LogP contribution in [0.5, 0.6) is 0 Å². The summed E-state index contributed by atoms with van der Waals surface area (Å²) in [6, 6.07) is 5.49. The quantitative estimate of drug-likeness (QED) is 0.913. The maximum Gasteiger partial charge on any atom is 0.401 e. The molecular formula is C17H24F3N3O. The molecule has 0 saturated carbocycles. The Labute approximate surface area is 140 Å². The largest absolute Gasteiger partial charge is 0.401 e. The van der Waals surface area contributed by atoms with Crippen molar-refractivity contribution in [1.82, 2.24) is 9.80 Å². The molecule has 1 aliphatic rings. The number of amides is 1. The SMILES string of the molecule is Cc1cccc(C)c1NC(C)C(=O)N1CCN(CC(F)(F)F)CC1. The van der Waals surface area contributed by atoms with Crippen LogP contribution < -0.4 is 5.32 Å². The van der Waals surface area contributed by atoms with E-state index in [2.05, 4.69) is 5.32 Å². The number of aryl methyl sites for hydroxylation is 2. The molecule has 1 unspecified atom stereocenters. The Bertz CT molecular complexity index is 561. The first-order valence-corrected chi connectivity index (χ1v) is 8.08. The number of carbonyl (C=O) groups is 1. The molecule has 1 aromatic carbocycles. The van der Waals surface area contributed by atoms with E-state index in [1.54, 1.807) is 11.8 Å². The van der Waals surface area contributed by atoms with E-state index in [1.807, 2.05) is 32.0 Å². The number of piperazine rings is 1. The van der Waals surface area contributed by atoms with Gasteiger partial charge < -0.3 is 10.2 Å². The molecular weight excluding hydrogens is 319 g/mol. The Kier molecular flexibility index (Phi) is 5.74. The van der Waals surface area contributed by atoms with E-state index in [-0.39, 0.29) is 19.0 Å². The fraction of sp³-hybridized carbons (Fsp3) is 0.588. The van der Waals surface area contributed by atoms with Gasteiger partial charge in [-0.2, -0.15) is 13.2 Å². The third-order valence-corrected chi connectivity index (χ3v) is 4.30. The van der Waals surface area contributed by atoms with Crippen molar-refractivity contribution in [2.75, 3.05) is 38.0 Å². The summed E-state index contributed by atoms with van der Waals surface area (Å²) >= 11 is 0. The molecule has 7 heteroatoms. The molecule has 0 spiro atoms. The van der Waals surface area contributed by atoms with Gasteiger partial charge in [-0.3, -0.25) is 9.69 Å². The van der Waals surface area contributed by atoms with E-state index >= 15 is 0 Å². The van der Waals surface area contributed by atoms with E-state index in [9.17, 15) is 18.0 Å². The van der Waals surface area contributed by atoms with Crippen molar-refractivity contribution in [2.45, 2.75) is 33.0 Å². The third-order valence-electron chi connectivity index (χ3n) is 4.30. The number of anilines is 1. The van der Waals surface area contributed by atoms with E-state index < -0.39 is 18.8 Å². The first kappa shape index (κ1) is 18.6. The van der Waals surface area contributed by atoms with Gasteiger partial charge in [-0.15, -0.1) is 0 Å². The second-order valence-corrected chi connectivity index (χ2v) is 6.35. The summed E-state index contributed by atoms with van der Waals surface area (Å²) in [5, 5.41) is 3.24. The molecule has 134 valence electrons. The van der Waals surface area contributed by atoms with E-state index in [0.29, 0.717) is 13.1 Å². The Morgan fingerprint density at radius 1 is 1.17 bits per heavy atom. The number of nitrogens with one attached hydrogen (secondary N) is 1. The lowest BCUT2D eigenvalue weighted by Crippen LogP contribution is -2.53. The molecule has 0 aliphatic carbocycles. The van der Waals surface area contributed by atoms with Crippen molar-refractivity contribution >= 4 is 11.6 Å². The van der Waals surface area contributed by atoms with Crippen LogP contribution in [0.25, 0.3) is 0 Å². The van der Waals surface area contributed by atoms with Gasteiger partial charge in [-0.05, 0) is 31.9 Å². The molecule has 1 atom stereocenters. The standard InChI is InChI=1S/C17H24F3N3O/c1-12-5-4-6-13(2)15(12)21-14(3)16(24)23-9-7-22(8-10-23)11-17(18,19)20/h4-6,14,21H,7-11H2,1-3H3. The predicted octanol–water partition coefficient (Wildman–Crippen LogP) is 2.81. The van der Waals surface area contributed by atoms with Gasteiger partial charge in [0.05, 0.1) is 6.54 Å². The molecule has 1 fully saturated rings. The monoisotopic (exact) mass is 343 g/mol. The van der Waals surface area contributed by atoms with Crippen molar-refractivity contribution in [2.24, 2.45) is 0 Å². The molecule has 1 aromatic rings. The molecule has 1 N–H and O–H groups in total. The molecule has 0 radical (unpaired) electrons.